The highest BCUT2D eigenvalue weighted by Gasteiger charge is 2.28. The van der Waals surface area contributed by atoms with Crippen LogP contribution in [0.25, 0.3) is 0 Å². The van der Waals surface area contributed by atoms with Crippen molar-refractivity contribution in [2.75, 3.05) is 11.1 Å². The molecular formula is C21H29N5O2S2. The standard InChI is InChI=1S/C21H29N5O2S2/c1-3-26-19(13-6-4-5-7-13)24-25-21(26)29-11-16(27)23-20-17(18(22)28)14-9-8-12(2)10-15(14)30-20/h12-13H,3-11H2,1-2H3,(H2,22,28)(H,23,27). The van der Waals surface area contributed by atoms with Gasteiger partial charge in [0.1, 0.15) is 10.8 Å². The van der Waals surface area contributed by atoms with E-state index < -0.39 is 5.91 Å². The van der Waals surface area contributed by atoms with Crippen LogP contribution in [0, 0.1) is 5.92 Å². The van der Waals surface area contributed by atoms with Crippen LogP contribution in [0.5, 0.6) is 0 Å². The second-order valence-corrected chi connectivity index (χ2v) is 10.4. The van der Waals surface area contributed by atoms with E-state index in [1.54, 1.807) is 0 Å². The number of carbonyl (C=O) groups excluding carboxylic acids is 2. The minimum Gasteiger partial charge on any atom is -0.365 e. The van der Waals surface area contributed by atoms with E-state index in [0.29, 0.717) is 22.4 Å². The molecule has 1 fully saturated rings. The minimum absolute atomic E-state index is 0.151. The SMILES string of the molecule is CCn1c(SCC(=O)Nc2sc3c(c2C(N)=O)CCC(C)C3)nnc1C1CCCC1. The fourth-order valence-electron chi connectivity index (χ4n) is 4.58. The molecule has 0 saturated heterocycles. The Labute approximate surface area is 185 Å². The number of rotatable bonds is 7. The highest BCUT2D eigenvalue weighted by Crippen LogP contribution is 2.39. The molecule has 7 nitrogen and oxygen atoms in total. The van der Waals surface area contributed by atoms with Gasteiger partial charge in [-0.05, 0) is 50.5 Å². The zero-order chi connectivity index (χ0) is 21.3. The maximum Gasteiger partial charge on any atom is 0.251 e. The largest absolute Gasteiger partial charge is 0.365 e. The Morgan fingerprint density at radius 1 is 1.27 bits per heavy atom. The summed E-state index contributed by atoms with van der Waals surface area (Å²) in [6, 6.07) is 0. The molecule has 0 radical (unpaired) electrons. The van der Waals surface area contributed by atoms with Crippen LogP contribution in [0.2, 0.25) is 0 Å². The van der Waals surface area contributed by atoms with Gasteiger partial charge >= 0.3 is 0 Å². The van der Waals surface area contributed by atoms with Gasteiger partial charge < -0.3 is 15.6 Å². The predicted octanol–water partition coefficient (Wildman–Crippen LogP) is 3.97. The third kappa shape index (κ3) is 4.27. The van der Waals surface area contributed by atoms with Gasteiger partial charge in [-0.15, -0.1) is 21.5 Å². The number of amides is 2. The molecule has 1 saturated carbocycles. The Balaban J connectivity index is 1.44. The summed E-state index contributed by atoms with van der Waals surface area (Å²) in [5.74, 6) is 1.73. The Kier molecular flexibility index (Phi) is 6.48. The third-order valence-corrected chi connectivity index (χ3v) is 8.26. The molecule has 30 heavy (non-hydrogen) atoms. The average Bonchev–Trinajstić information content (AvgIpc) is 3.43. The molecule has 0 aliphatic heterocycles. The van der Waals surface area contributed by atoms with Gasteiger partial charge in [0, 0.05) is 17.3 Å². The molecule has 2 amide bonds. The molecule has 0 bridgehead atoms. The monoisotopic (exact) mass is 447 g/mol. The van der Waals surface area contributed by atoms with Crippen molar-refractivity contribution in [2.45, 2.75) is 76.4 Å². The molecule has 2 aliphatic rings. The van der Waals surface area contributed by atoms with Gasteiger partial charge in [0.05, 0.1) is 11.3 Å². The Morgan fingerprint density at radius 2 is 2.03 bits per heavy atom. The summed E-state index contributed by atoms with van der Waals surface area (Å²) < 4.78 is 2.13. The van der Waals surface area contributed by atoms with Crippen LogP contribution in [0.15, 0.2) is 5.16 Å². The quantitative estimate of drug-likeness (QED) is 0.625. The number of nitrogens with zero attached hydrogens (tertiary/aromatic N) is 3. The topological polar surface area (TPSA) is 103 Å². The van der Waals surface area contributed by atoms with Crippen molar-refractivity contribution in [3.8, 4) is 0 Å². The maximum absolute atomic E-state index is 12.7. The lowest BCUT2D eigenvalue weighted by Crippen LogP contribution is -2.20. The van der Waals surface area contributed by atoms with Gasteiger partial charge in [-0.3, -0.25) is 9.59 Å². The molecule has 0 spiro atoms. The zero-order valence-corrected chi connectivity index (χ0v) is 19.2. The normalized spacial score (nSPS) is 19.1. The van der Waals surface area contributed by atoms with Crippen molar-refractivity contribution in [3.63, 3.8) is 0 Å². The van der Waals surface area contributed by atoms with Crippen LogP contribution in [0.1, 0.15) is 78.5 Å². The van der Waals surface area contributed by atoms with Crippen molar-refractivity contribution in [1.82, 2.24) is 14.8 Å². The van der Waals surface area contributed by atoms with E-state index in [1.165, 1.54) is 53.7 Å². The van der Waals surface area contributed by atoms with E-state index in [4.69, 9.17) is 5.73 Å². The molecule has 2 aliphatic carbocycles. The first-order valence-electron chi connectivity index (χ1n) is 10.8. The molecule has 4 rings (SSSR count). The summed E-state index contributed by atoms with van der Waals surface area (Å²) >= 11 is 2.89. The molecule has 3 N–H and O–H groups in total. The zero-order valence-electron chi connectivity index (χ0n) is 17.6. The molecule has 162 valence electrons. The molecule has 1 atom stereocenters. The number of nitrogens with one attached hydrogen (secondary N) is 1. The number of aromatic nitrogens is 3. The van der Waals surface area contributed by atoms with E-state index in [2.05, 4.69) is 33.9 Å². The van der Waals surface area contributed by atoms with Crippen molar-refractivity contribution in [3.05, 3.63) is 21.8 Å². The molecule has 1 unspecified atom stereocenters. The van der Waals surface area contributed by atoms with Crippen LogP contribution in [-0.4, -0.2) is 32.3 Å². The fourth-order valence-corrected chi connectivity index (χ4v) is 6.82. The minimum atomic E-state index is -0.461. The average molecular weight is 448 g/mol. The van der Waals surface area contributed by atoms with Gasteiger partial charge in [0.15, 0.2) is 5.16 Å². The first kappa shape index (κ1) is 21.4. The number of hydrogen-bond donors (Lipinski definition) is 2. The summed E-state index contributed by atoms with van der Waals surface area (Å²) in [7, 11) is 0. The smallest absolute Gasteiger partial charge is 0.251 e. The lowest BCUT2D eigenvalue weighted by molar-refractivity contribution is -0.113. The first-order chi connectivity index (χ1) is 14.5. The number of nitrogens with two attached hydrogens (primary N) is 1. The molecule has 9 heteroatoms. The Hall–Kier alpha value is -1.87. The van der Waals surface area contributed by atoms with Crippen LogP contribution in [-0.2, 0) is 24.2 Å². The Morgan fingerprint density at radius 3 is 2.73 bits per heavy atom. The second-order valence-electron chi connectivity index (χ2n) is 8.32. The number of thiophene rings is 1. The Bertz CT molecular complexity index is 946. The van der Waals surface area contributed by atoms with Crippen molar-refractivity contribution in [2.24, 2.45) is 11.7 Å². The van der Waals surface area contributed by atoms with Crippen LogP contribution < -0.4 is 11.1 Å². The number of anilines is 1. The molecule has 2 aromatic rings. The summed E-state index contributed by atoms with van der Waals surface area (Å²) in [5.41, 5.74) is 7.18. The maximum atomic E-state index is 12.7. The highest BCUT2D eigenvalue weighted by atomic mass is 32.2. The van der Waals surface area contributed by atoms with Crippen molar-refractivity contribution in [1.29, 1.82) is 0 Å². The lowest BCUT2D eigenvalue weighted by Gasteiger charge is -2.18. The fraction of sp³-hybridized carbons (Fsp3) is 0.619. The first-order valence-corrected chi connectivity index (χ1v) is 12.6. The molecular weight excluding hydrogens is 418 g/mol. The number of thioether (sulfide) groups is 1. The van der Waals surface area contributed by atoms with Gasteiger partial charge in [0.2, 0.25) is 5.91 Å². The van der Waals surface area contributed by atoms with E-state index in [0.717, 1.165) is 42.4 Å². The summed E-state index contributed by atoms with van der Waals surface area (Å²) in [5, 5.41) is 13.1. The second kappa shape index (κ2) is 9.09. The van der Waals surface area contributed by atoms with Gasteiger partial charge in [-0.25, -0.2) is 0 Å². The van der Waals surface area contributed by atoms with Gasteiger partial charge in [-0.1, -0.05) is 31.5 Å². The number of carbonyl (C=O) groups is 2. The predicted molar refractivity (Wildman–Crippen MR) is 120 cm³/mol. The summed E-state index contributed by atoms with van der Waals surface area (Å²) in [6.07, 6.45) is 7.66. The van der Waals surface area contributed by atoms with Crippen molar-refractivity contribution >= 4 is 39.9 Å². The van der Waals surface area contributed by atoms with Crippen LogP contribution >= 0.6 is 23.1 Å². The van der Waals surface area contributed by atoms with Crippen LogP contribution in [0.3, 0.4) is 0 Å². The number of primary amides is 1. The molecule has 2 heterocycles. The van der Waals surface area contributed by atoms with E-state index >= 15 is 0 Å². The summed E-state index contributed by atoms with van der Waals surface area (Å²) in [4.78, 5) is 25.9. The van der Waals surface area contributed by atoms with E-state index in [9.17, 15) is 9.59 Å². The molecule has 2 aromatic heterocycles. The van der Waals surface area contributed by atoms with E-state index in [-0.39, 0.29) is 11.7 Å². The van der Waals surface area contributed by atoms with Gasteiger partial charge in [0.25, 0.3) is 5.91 Å². The van der Waals surface area contributed by atoms with Gasteiger partial charge in [-0.2, -0.15) is 0 Å². The number of fused-ring (bicyclic) bond motifs is 1. The van der Waals surface area contributed by atoms with E-state index in [1.807, 2.05) is 0 Å². The molecule has 0 aromatic carbocycles. The number of hydrogen-bond acceptors (Lipinski definition) is 6. The van der Waals surface area contributed by atoms with Crippen molar-refractivity contribution < 1.29 is 9.59 Å². The highest BCUT2D eigenvalue weighted by molar-refractivity contribution is 7.99. The lowest BCUT2D eigenvalue weighted by atomic mass is 9.88. The third-order valence-electron chi connectivity index (χ3n) is 6.13. The summed E-state index contributed by atoms with van der Waals surface area (Å²) in [6.45, 7) is 5.10. The van der Waals surface area contributed by atoms with Crippen LogP contribution in [0.4, 0.5) is 5.00 Å².